The molecule has 5 rings (SSSR count). The maximum Gasteiger partial charge on any atom is 0.357 e. The maximum atomic E-state index is 14.8. The second-order valence-electron chi connectivity index (χ2n) is 9.12. The number of ether oxygens (including phenoxy) is 1. The number of amides is 2. The summed E-state index contributed by atoms with van der Waals surface area (Å²) in [6.07, 6.45) is -1.66. The molecule has 1 aromatic carbocycles. The van der Waals surface area contributed by atoms with Crippen LogP contribution in [0, 0.1) is 5.92 Å². The van der Waals surface area contributed by atoms with E-state index in [0.29, 0.717) is 22.0 Å². The van der Waals surface area contributed by atoms with Gasteiger partial charge in [0.15, 0.2) is 5.69 Å². The van der Waals surface area contributed by atoms with Crippen molar-refractivity contribution in [2.45, 2.75) is 31.0 Å². The van der Waals surface area contributed by atoms with E-state index in [1.165, 1.54) is 18.3 Å². The summed E-state index contributed by atoms with van der Waals surface area (Å²) >= 11 is 0. The Hall–Kier alpha value is -4.16. The summed E-state index contributed by atoms with van der Waals surface area (Å²) in [5, 5.41) is 18.4. The van der Waals surface area contributed by atoms with Crippen molar-refractivity contribution in [1.82, 2.24) is 25.4 Å². The molecule has 1 aliphatic heterocycles. The van der Waals surface area contributed by atoms with E-state index in [0.717, 1.165) is 4.90 Å². The van der Waals surface area contributed by atoms with E-state index in [1.54, 1.807) is 12.1 Å². The molecule has 1 saturated carbocycles. The minimum Gasteiger partial charge on any atom is -0.480 e. The molecule has 2 aliphatic rings. The number of rotatable bonds is 6. The number of methoxy groups -OCH3 is 1. The number of nitrogens with zero attached hydrogens (tertiary/aromatic N) is 3. The smallest absolute Gasteiger partial charge is 0.357 e. The van der Waals surface area contributed by atoms with Crippen molar-refractivity contribution in [2.24, 2.45) is 5.92 Å². The van der Waals surface area contributed by atoms with E-state index in [9.17, 15) is 32.7 Å². The molecule has 2 aromatic heterocycles. The standard InChI is InChI=1S/C24H22F3N5O5/c1-37-21-15(4-12(8-28-21)11-2-3-14-17(5-11)30-31-19(14)23(35)36)20(33)29-18-10-32(9-16(18)25)22(34)13-6-24(26,27)7-13/h2-5,8,13,16,18H,6-7,9-10H2,1H3,(H,29,33)(H,30,31)(H,35,36)/t16-,18+/m0/s1/i1D3. The molecular weight excluding hydrogens is 495 g/mol. The summed E-state index contributed by atoms with van der Waals surface area (Å²) in [5.74, 6) is -7.14. The summed E-state index contributed by atoms with van der Waals surface area (Å²) in [7, 11) is -2.96. The van der Waals surface area contributed by atoms with E-state index in [1.807, 2.05) is 0 Å². The van der Waals surface area contributed by atoms with Crippen LogP contribution < -0.4 is 10.1 Å². The Morgan fingerprint density at radius 2 is 2.03 bits per heavy atom. The lowest BCUT2D eigenvalue weighted by atomic mass is 9.80. The van der Waals surface area contributed by atoms with Crippen molar-refractivity contribution in [2.75, 3.05) is 20.1 Å². The lowest BCUT2D eigenvalue weighted by Crippen LogP contribution is -2.47. The van der Waals surface area contributed by atoms with Crippen LogP contribution in [-0.2, 0) is 4.79 Å². The molecule has 13 heteroatoms. The SMILES string of the molecule is [2H]C([2H])([2H])Oc1ncc(-c2ccc3c(C(=O)O)n[nH]c3c2)cc1C(=O)N[C@@H]1CN(C(=O)C2CC(F)(F)C2)C[C@@H]1F. The van der Waals surface area contributed by atoms with E-state index in [4.69, 9.17) is 8.85 Å². The molecule has 1 saturated heterocycles. The summed E-state index contributed by atoms with van der Waals surface area (Å²) in [5.41, 5.74) is 0.650. The molecule has 1 aliphatic carbocycles. The fraction of sp³-hybridized carbons (Fsp3) is 0.375. The molecule has 0 radical (unpaired) electrons. The average Bonchev–Trinajstić information content (AvgIpc) is 3.44. The first-order valence-corrected chi connectivity index (χ1v) is 11.2. The Labute approximate surface area is 212 Å². The van der Waals surface area contributed by atoms with Gasteiger partial charge in [0.25, 0.3) is 5.91 Å². The van der Waals surface area contributed by atoms with Crippen molar-refractivity contribution in [3.63, 3.8) is 0 Å². The fourth-order valence-electron chi connectivity index (χ4n) is 4.64. The zero-order valence-corrected chi connectivity index (χ0v) is 19.0. The summed E-state index contributed by atoms with van der Waals surface area (Å²) in [6, 6.07) is 4.70. The Kier molecular flexibility index (Phi) is 5.13. The first-order chi connectivity index (χ1) is 18.7. The number of carboxylic acids is 1. The number of carbonyl (C=O) groups excluding carboxylic acids is 2. The maximum absolute atomic E-state index is 14.8. The highest BCUT2D eigenvalue weighted by Crippen LogP contribution is 2.43. The number of benzene rings is 1. The Bertz CT molecular complexity index is 1510. The predicted molar refractivity (Wildman–Crippen MR) is 123 cm³/mol. The van der Waals surface area contributed by atoms with Gasteiger partial charge in [0, 0.05) is 42.5 Å². The third-order valence-corrected chi connectivity index (χ3v) is 6.61. The monoisotopic (exact) mass is 520 g/mol. The van der Waals surface area contributed by atoms with Crippen molar-refractivity contribution in [3.8, 4) is 17.0 Å². The zero-order chi connectivity index (χ0) is 29.0. The highest BCUT2D eigenvalue weighted by Gasteiger charge is 2.51. The van der Waals surface area contributed by atoms with Gasteiger partial charge in [0.1, 0.15) is 11.7 Å². The van der Waals surface area contributed by atoms with E-state index < -0.39 is 67.6 Å². The number of hydrogen-bond acceptors (Lipinski definition) is 6. The van der Waals surface area contributed by atoms with Crippen molar-refractivity contribution in [1.29, 1.82) is 0 Å². The molecule has 2 amide bonds. The number of aromatic nitrogens is 3. The summed E-state index contributed by atoms with van der Waals surface area (Å²) in [6.45, 7) is -0.635. The number of halogens is 3. The first-order valence-electron chi connectivity index (χ1n) is 12.7. The van der Waals surface area contributed by atoms with Crippen molar-refractivity contribution >= 4 is 28.7 Å². The van der Waals surface area contributed by atoms with Crippen LogP contribution in [0.4, 0.5) is 13.2 Å². The van der Waals surface area contributed by atoms with E-state index >= 15 is 0 Å². The van der Waals surface area contributed by atoms with Crippen LogP contribution in [-0.4, -0.2) is 81.2 Å². The molecule has 3 heterocycles. The number of aromatic amines is 1. The largest absolute Gasteiger partial charge is 0.480 e. The molecule has 0 unspecified atom stereocenters. The summed E-state index contributed by atoms with van der Waals surface area (Å²) < 4.78 is 68.2. The number of likely N-dealkylation sites (tertiary alicyclic amines) is 1. The van der Waals surface area contributed by atoms with Gasteiger partial charge in [0.05, 0.1) is 29.3 Å². The molecule has 10 nitrogen and oxygen atoms in total. The Morgan fingerprint density at radius 1 is 1.24 bits per heavy atom. The lowest BCUT2D eigenvalue weighted by molar-refractivity contribution is -0.159. The first kappa shape index (κ1) is 21.0. The topological polar surface area (TPSA) is 138 Å². The quantitative estimate of drug-likeness (QED) is 0.454. The summed E-state index contributed by atoms with van der Waals surface area (Å²) in [4.78, 5) is 42.1. The number of carboxylic acid groups (broad SMARTS) is 1. The second kappa shape index (κ2) is 9.05. The molecule has 37 heavy (non-hydrogen) atoms. The number of carbonyl (C=O) groups is 3. The van der Waals surface area contributed by atoms with Crippen molar-refractivity contribution < 1.29 is 41.5 Å². The van der Waals surface area contributed by atoms with Crippen molar-refractivity contribution in [3.05, 3.63) is 41.7 Å². The van der Waals surface area contributed by atoms with Crippen LogP contribution in [0.2, 0.25) is 0 Å². The average molecular weight is 520 g/mol. The molecule has 2 atom stereocenters. The fourth-order valence-corrected chi connectivity index (χ4v) is 4.64. The van der Waals surface area contributed by atoms with Gasteiger partial charge in [-0.25, -0.2) is 22.9 Å². The van der Waals surface area contributed by atoms with Gasteiger partial charge in [-0.1, -0.05) is 6.07 Å². The highest BCUT2D eigenvalue weighted by molar-refractivity contribution is 6.02. The number of aromatic carboxylic acids is 1. The molecule has 3 N–H and O–H groups in total. The highest BCUT2D eigenvalue weighted by atomic mass is 19.3. The van der Waals surface area contributed by atoms with Gasteiger partial charge in [-0.15, -0.1) is 0 Å². The predicted octanol–water partition coefficient (Wildman–Crippen LogP) is 2.66. The third-order valence-electron chi connectivity index (χ3n) is 6.61. The minimum absolute atomic E-state index is 0.183. The minimum atomic E-state index is -2.96. The van der Waals surface area contributed by atoms with Crippen LogP contribution >= 0.6 is 0 Å². The Balaban J connectivity index is 1.39. The number of H-pyrrole nitrogens is 1. The number of fused-ring (bicyclic) bond motifs is 1. The van der Waals surface area contributed by atoms with Gasteiger partial charge in [0.2, 0.25) is 17.7 Å². The van der Waals surface area contributed by atoms with E-state index in [2.05, 4.69) is 20.5 Å². The van der Waals surface area contributed by atoms with Gasteiger partial charge in [-0.3, -0.25) is 14.7 Å². The normalized spacial score (nSPS) is 22.6. The second-order valence-corrected chi connectivity index (χ2v) is 9.12. The zero-order valence-electron chi connectivity index (χ0n) is 22.0. The van der Waals surface area contributed by atoms with Crippen LogP contribution in [0.25, 0.3) is 22.0 Å². The van der Waals surface area contributed by atoms with Gasteiger partial charge in [-0.2, -0.15) is 5.10 Å². The molecule has 194 valence electrons. The van der Waals surface area contributed by atoms with Crippen LogP contribution in [0.1, 0.15) is 37.8 Å². The number of nitrogens with one attached hydrogen (secondary N) is 2. The van der Waals surface area contributed by atoms with Gasteiger partial charge in [-0.05, 0) is 23.8 Å². The van der Waals surface area contributed by atoms with Crippen LogP contribution in [0.5, 0.6) is 5.88 Å². The number of hydrogen-bond donors (Lipinski definition) is 3. The van der Waals surface area contributed by atoms with Crippen LogP contribution in [0.15, 0.2) is 30.5 Å². The van der Waals surface area contributed by atoms with E-state index in [-0.39, 0.29) is 24.3 Å². The Morgan fingerprint density at radius 3 is 2.73 bits per heavy atom. The van der Waals surface area contributed by atoms with Crippen LogP contribution in [0.3, 0.4) is 0 Å². The molecular formula is C24H22F3N5O5. The van der Waals surface area contributed by atoms with Gasteiger partial charge < -0.3 is 20.1 Å². The number of pyridine rings is 1. The molecule has 0 bridgehead atoms. The number of alkyl halides is 3. The third kappa shape index (κ3) is 4.56. The lowest BCUT2D eigenvalue weighted by Gasteiger charge is -2.36. The molecule has 3 aromatic rings. The van der Waals surface area contributed by atoms with Gasteiger partial charge >= 0.3 is 5.97 Å². The molecule has 2 fully saturated rings. The molecule has 0 spiro atoms.